The Hall–Kier alpha value is -2.21. The first kappa shape index (κ1) is 17.1. The van der Waals surface area contributed by atoms with Gasteiger partial charge in [-0.3, -0.25) is 0 Å². The topological polar surface area (TPSA) is 59.5 Å². The van der Waals surface area contributed by atoms with Gasteiger partial charge in [-0.15, -0.1) is 0 Å². The molecule has 1 aromatic carbocycles. The molecule has 124 valence electrons. The molecule has 2 rings (SSSR count). The molecule has 6 nitrogen and oxygen atoms in total. The fourth-order valence-electron chi connectivity index (χ4n) is 2.23. The molecule has 0 aliphatic rings. The molecule has 2 aromatic rings. The van der Waals surface area contributed by atoms with Crippen molar-refractivity contribution >= 4 is 28.9 Å². The highest BCUT2D eigenvalue weighted by molar-refractivity contribution is 6.32. The average Bonchev–Trinajstić information content (AvgIpc) is 2.57. The summed E-state index contributed by atoms with van der Waals surface area (Å²) in [6.45, 7) is 5.94. The van der Waals surface area contributed by atoms with Crippen molar-refractivity contribution < 1.29 is 9.47 Å². The molecule has 0 unspecified atom stereocenters. The van der Waals surface area contributed by atoms with Crippen LogP contribution in [0.1, 0.15) is 13.8 Å². The van der Waals surface area contributed by atoms with Crippen LogP contribution in [0.2, 0.25) is 5.02 Å². The number of rotatable bonds is 7. The molecule has 1 aromatic heterocycles. The summed E-state index contributed by atoms with van der Waals surface area (Å²) < 4.78 is 10.6. The summed E-state index contributed by atoms with van der Waals surface area (Å²) in [5.74, 6) is 2.71. The second-order valence-electron chi connectivity index (χ2n) is 4.75. The van der Waals surface area contributed by atoms with Crippen LogP contribution in [0, 0.1) is 0 Å². The number of methoxy groups -OCH3 is 2. The summed E-state index contributed by atoms with van der Waals surface area (Å²) in [5, 5.41) is 3.71. The standard InChI is InChI=1S/C16H21ClN4O2/c1-5-21(6-2)16-9-15(18-10-19-16)20-12-8-13(22-3)11(17)7-14(12)23-4/h7-10H,5-6H2,1-4H3,(H,18,19,20). The van der Waals surface area contributed by atoms with Gasteiger partial charge < -0.3 is 19.7 Å². The van der Waals surface area contributed by atoms with Gasteiger partial charge in [-0.2, -0.15) is 0 Å². The first-order valence-corrected chi connectivity index (χ1v) is 7.76. The van der Waals surface area contributed by atoms with Crippen molar-refractivity contribution in [3.8, 4) is 11.5 Å². The quantitative estimate of drug-likeness (QED) is 0.831. The lowest BCUT2D eigenvalue weighted by Gasteiger charge is -2.20. The minimum Gasteiger partial charge on any atom is -0.495 e. The van der Waals surface area contributed by atoms with E-state index in [9.17, 15) is 0 Å². The van der Waals surface area contributed by atoms with Gasteiger partial charge in [0.2, 0.25) is 0 Å². The van der Waals surface area contributed by atoms with Crippen LogP contribution in [0.15, 0.2) is 24.5 Å². The molecule has 0 saturated carbocycles. The van der Waals surface area contributed by atoms with E-state index in [-0.39, 0.29) is 0 Å². The minimum atomic E-state index is 0.487. The molecule has 1 heterocycles. The number of halogens is 1. The van der Waals surface area contributed by atoms with Gasteiger partial charge in [0.25, 0.3) is 0 Å². The van der Waals surface area contributed by atoms with Gasteiger partial charge in [-0.25, -0.2) is 9.97 Å². The molecule has 0 aliphatic heterocycles. The predicted octanol–water partition coefficient (Wildman–Crippen LogP) is 3.74. The molecule has 0 radical (unpaired) electrons. The highest BCUT2D eigenvalue weighted by Crippen LogP contribution is 2.37. The second kappa shape index (κ2) is 7.87. The number of benzene rings is 1. The Morgan fingerprint density at radius 1 is 1.04 bits per heavy atom. The van der Waals surface area contributed by atoms with Crippen LogP contribution in [0.25, 0.3) is 0 Å². The molecule has 23 heavy (non-hydrogen) atoms. The molecular formula is C16H21ClN4O2. The van der Waals surface area contributed by atoms with Crippen molar-refractivity contribution in [3.05, 3.63) is 29.5 Å². The maximum Gasteiger partial charge on any atom is 0.144 e. The largest absolute Gasteiger partial charge is 0.495 e. The molecular weight excluding hydrogens is 316 g/mol. The number of nitrogens with one attached hydrogen (secondary N) is 1. The zero-order valence-electron chi connectivity index (χ0n) is 13.8. The number of aromatic nitrogens is 2. The van der Waals surface area contributed by atoms with Crippen LogP contribution in [-0.4, -0.2) is 37.3 Å². The lowest BCUT2D eigenvalue weighted by molar-refractivity contribution is 0.405. The Kier molecular flexibility index (Phi) is 5.87. The maximum absolute atomic E-state index is 6.12. The lowest BCUT2D eigenvalue weighted by Crippen LogP contribution is -2.23. The number of hydrogen-bond donors (Lipinski definition) is 1. The van der Waals surface area contributed by atoms with Crippen LogP contribution in [0.3, 0.4) is 0 Å². The number of ether oxygens (including phenoxy) is 2. The van der Waals surface area contributed by atoms with Crippen LogP contribution in [0.4, 0.5) is 17.3 Å². The number of hydrogen-bond acceptors (Lipinski definition) is 6. The Bertz CT molecular complexity index is 663. The van der Waals surface area contributed by atoms with Crippen molar-refractivity contribution in [3.63, 3.8) is 0 Å². The van der Waals surface area contributed by atoms with Gasteiger partial charge in [0.15, 0.2) is 0 Å². The van der Waals surface area contributed by atoms with Crippen molar-refractivity contribution in [1.29, 1.82) is 0 Å². The third kappa shape index (κ3) is 3.96. The summed E-state index contributed by atoms with van der Waals surface area (Å²) in [6.07, 6.45) is 1.54. The highest BCUT2D eigenvalue weighted by Gasteiger charge is 2.12. The van der Waals surface area contributed by atoms with E-state index in [1.807, 2.05) is 6.07 Å². The Labute approximate surface area is 141 Å². The Morgan fingerprint density at radius 3 is 2.35 bits per heavy atom. The van der Waals surface area contributed by atoms with Crippen molar-refractivity contribution in [2.45, 2.75) is 13.8 Å². The van der Waals surface area contributed by atoms with Crippen LogP contribution >= 0.6 is 11.6 Å². The van der Waals surface area contributed by atoms with E-state index in [0.29, 0.717) is 22.3 Å². The van der Waals surface area contributed by atoms with Crippen LogP contribution < -0.4 is 19.7 Å². The summed E-state index contributed by atoms with van der Waals surface area (Å²) >= 11 is 6.12. The van der Waals surface area contributed by atoms with Crippen molar-refractivity contribution in [2.24, 2.45) is 0 Å². The summed E-state index contributed by atoms with van der Waals surface area (Å²) in [5.41, 5.74) is 0.720. The molecule has 0 bridgehead atoms. The summed E-state index contributed by atoms with van der Waals surface area (Å²) in [7, 11) is 3.16. The van der Waals surface area contributed by atoms with E-state index in [2.05, 4.69) is 34.0 Å². The zero-order valence-corrected chi connectivity index (χ0v) is 14.5. The monoisotopic (exact) mass is 336 g/mol. The first-order valence-electron chi connectivity index (χ1n) is 7.38. The van der Waals surface area contributed by atoms with Crippen LogP contribution in [0.5, 0.6) is 11.5 Å². The molecule has 0 amide bonds. The molecule has 7 heteroatoms. The van der Waals surface area contributed by atoms with Crippen molar-refractivity contribution in [2.75, 3.05) is 37.5 Å². The van der Waals surface area contributed by atoms with Gasteiger partial charge in [0, 0.05) is 31.3 Å². The lowest BCUT2D eigenvalue weighted by atomic mass is 10.2. The predicted molar refractivity (Wildman–Crippen MR) is 93.4 cm³/mol. The molecule has 0 saturated heterocycles. The van der Waals surface area contributed by atoms with E-state index in [1.54, 1.807) is 26.4 Å². The first-order chi connectivity index (χ1) is 11.1. The van der Waals surface area contributed by atoms with Gasteiger partial charge in [-0.05, 0) is 13.8 Å². The van der Waals surface area contributed by atoms with E-state index in [0.717, 1.165) is 24.6 Å². The summed E-state index contributed by atoms with van der Waals surface area (Å²) in [4.78, 5) is 10.7. The Balaban J connectivity index is 2.33. The molecule has 0 atom stereocenters. The fraction of sp³-hybridized carbons (Fsp3) is 0.375. The molecule has 0 spiro atoms. The smallest absolute Gasteiger partial charge is 0.144 e. The molecule has 0 fully saturated rings. The third-order valence-electron chi connectivity index (χ3n) is 3.48. The normalized spacial score (nSPS) is 10.3. The van der Waals surface area contributed by atoms with Crippen LogP contribution in [-0.2, 0) is 0 Å². The molecule has 1 N–H and O–H groups in total. The van der Waals surface area contributed by atoms with Gasteiger partial charge in [0.05, 0.1) is 24.9 Å². The van der Waals surface area contributed by atoms with Gasteiger partial charge in [-0.1, -0.05) is 11.6 Å². The second-order valence-corrected chi connectivity index (χ2v) is 5.15. The fourth-order valence-corrected chi connectivity index (χ4v) is 2.46. The van der Waals surface area contributed by atoms with Gasteiger partial charge in [0.1, 0.15) is 29.5 Å². The van der Waals surface area contributed by atoms with Gasteiger partial charge >= 0.3 is 0 Å². The molecule has 0 aliphatic carbocycles. The Morgan fingerprint density at radius 2 is 1.74 bits per heavy atom. The minimum absolute atomic E-state index is 0.487. The maximum atomic E-state index is 6.12. The van der Waals surface area contributed by atoms with E-state index < -0.39 is 0 Å². The zero-order chi connectivity index (χ0) is 16.8. The number of anilines is 3. The third-order valence-corrected chi connectivity index (χ3v) is 3.77. The average molecular weight is 337 g/mol. The summed E-state index contributed by atoms with van der Waals surface area (Å²) in [6, 6.07) is 5.38. The SMILES string of the molecule is CCN(CC)c1cc(Nc2cc(OC)c(Cl)cc2OC)ncn1. The van der Waals surface area contributed by atoms with E-state index in [1.165, 1.54) is 6.33 Å². The van der Waals surface area contributed by atoms with Crippen molar-refractivity contribution in [1.82, 2.24) is 9.97 Å². The number of nitrogens with zero attached hydrogens (tertiary/aromatic N) is 3. The van der Waals surface area contributed by atoms with E-state index >= 15 is 0 Å². The highest BCUT2D eigenvalue weighted by atomic mass is 35.5. The van der Waals surface area contributed by atoms with E-state index in [4.69, 9.17) is 21.1 Å².